The highest BCUT2D eigenvalue weighted by Gasteiger charge is 2.18. The number of aromatic nitrogens is 1. The summed E-state index contributed by atoms with van der Waals surface area (Å²) in [4.78, 5) is 6.29. The van der Waals surface area contributed by atoms with Crippen molar-refractivity contribution in [3.05, 3.63) is 24.0 Å². The average Bonchev–Trinajstić information content (AvgIpc) is 2.73. The van der Waals surface area contributed by atoms with Gasteiger partial charge in [0.1, 0.15) is 11.8 Å². The van der Waals surface area contributed by atoms with Gasteiger partial charge >= 0.3 is 0 Å². The molecular weight excluding hydrogens is 200 g/mol. The summed E-state index contributed by atoms with van der Waals surface area (Å²) >= 11 is 0. The second kappa shape index (κ2) is 4.95. The zero-order valence-corrected chi connectivity index (χ0v) is 9.48. The van der Waals surface area contributed by atoms with Gasteiger partial charge in [-0.15, -0.1) is 0 Å². The van der Waals surface area contributed by atoms with Crippen LogP contribution in [-0.2, 0) is 0 Å². The van der Waals surface area contributed by atoms with Gasteiger partial charge in [-0.25, -0.2) is 4.98 Å². The Bertz CT molecular complexity index is 396. The van der Waals surface area contributed by atoms with Crippen molar-refractivity contribution in [3.63, 3.8) is 0 Å². The van der Waals surface area contributed by atoms with Crippen LogP contribution < -0.4 is 5.32 Å². The van der Waals surface area contributed by atoms with Gasteiger partial charge in [0.15, 0.2) is 0 Å². The van der Waals surface area contributed by atoms with E-state index in [9.17, 15) is 0 Å². The van der Waals surface area contributed by atoms with Gasteiger partial charge in [-0.2, -0.15) is 5.26 Å². The Morgan fingerprint density at radius 1 is 1.69 bits per heavy atom. The van der Waals surface area contributed by atoms with Gasteiger partial charge in [-0.05, 0) is 38.1 Å². The predicted molar refractivity (Wildman–Crippen MR) is 63.0 cm³/mol. The maximum atomic E-state index is 8.73. The van der Waals surface area contributed by atoms with Crippen LogP contribution in [0.1, 0.15) is 12.1 Å². The third-order valence-electron chi connectivity index (χ3n) is 2.96. The number of likely N-dealkylation sites (tertiary alicyclic amines) is 1. The smallest absolute Gasteiger partial charge is 0.142 e. The number of nitrogens with one attached hydrogen (secondary N) is 1. The third-order valence-corrected chi connectivity index (χ3v) is 2.96. The molecule has 1 N–H and O–H groups in total. The summed E-state index contributed by atoms with van der Waals surface area (Å²) in [5.74, 6) is 0.712. The van der Waals surface area contributed by atoms with Crippen molar-refractivity contribution in [2.24, 2.45) is 5.92 Å². The molecule has 2 rings (SSSR count). The predicted octanol–water partition coefficient (Wildman–Crippen LogP) is 1.32. The topological polar surface area (TPSA) is 52.0 Å². The molecular formula is C12H16N4. The number of pyridine rings is 1. The fourth-order valence-corrected chi connectivity index (χ4v) is 2.06. The molecule has 0 radical (unpaired) electrons. The molecule has 0 saturated carbocycles. The first-order valence-electron chi connectivity index (χ1n) is 5.56. The number of hydrogen-bond donors (Lipinski definition) is 1. The van der Waals surface area contributed by atoms with Crippen molar-refractivity contribution >= 4 is 5.69 Å². The fraction of sp³-hybridized carbons (Fsp3) is 0.500. The maximum Gasteiger partial charge on any atom is 0.142 e. The first kappa shape index (κ1) is 10.9. The summed E-state index contributed by atoms with van der Waals surface area (Å²) in [6.45, 7) is 3.31. The van der Waals surface area contributed by atoms with Gasteiger partial charge in [-0.3, -0.25) is 0 Å². The van der Waals surface area contributed by atoms with Crippen molar-refractivity contribution in [1.82, 2.24) is 9.88 Å². The van der Waals surface area contributed by atoms with Crippen molar-refractivity contribution in [2.45, 2.75) is 6.42 Å². The van der Waals surface area contributed by atoms with Crippen molar-refractivity contribution < 1.29 is 0 Å². The SMILES string of the molecule is CN1CCC(CNc2ccnc(C#N)c2)C1. The second-order valence-electron chi connectivity index (χ2n) is 4.34. The van der Waals surface area contributed by atoms with E-state index < -0.39 is 0 Å². The molecule has 0 aliphatic carbocycles. The summed E-state index contributed by atoms with van der Waals surface area (Å²) in [6, 6.07) is 5.74. The molecule has 1 saturated heterocycles. The monoisotopic (exact) mass is 216 g/mol. The Balaban J connectivity index is 1.87. The van der Waals surface area contributed by atoms with Crippen LogP contribution >= 0.6 is 0 Å². The van der Waals surface area contributed by atoms with Crippen LogP contribution in [0.5, 0.6) is 0 Å². The van der Waals surface area contributed by atoms with Crippen LogP contribution in [0.2, 0.25) is 0 Å². The molecule has 0 bridgehead atoms. The molecule has 1 aliphatic rings. The zero-order valence-electron chi connectivity index (χ0n) is 9.48. The van der Waals surface area contributed by atoms with Crippen LogP contribution in [0.3, 0.4) is 0 Å². The first-order chi connectivity index (χ1) is 7.78. The van der Waals surface area contributed by atoms with Crippen LogP contribution in [0.4, 0.5) is 5.69 Å². The van der Waals surface area contributed by atoms with E-state index in [4.69, 9.17) is 5.26 Å². The quantitative estimate of drug-likeness (QED) is 0.828. The van der Waals surface area contributed by atoms with E-state index in [2.05, 4.69) is 22.2 Å². The minimum Gasteiger partial charge on any atom is -0.385 e. The summed E-state index contributed by atoms with van der Waals surface area (Å²) in [7, 11) is 2.15. The van der Waals surface area contributed by atoms with Gasteiger partial charge in [-0.1, -0.05) is 0 Å². The maximum absolute atomic E-state index is 8.73. The Kier molecular flexibility index (Phi) is 3.37. The Morgan fingerprint density at radius 3 is 3.25 bits per heavy atom. The highest BCUT2D eigenvalue weighted by molar-refractivity contribution is 5.45. The Hall–Kier alpha value is -1.60. The first-order valence-corrected chi connectivity index (χ1v) is 5.56. The van der Waals surface area contributed by atoms with E-state index in [0.717, 1.165) is 18.8 Å². The molecule has 0 spiro atoms. The lowest BCUT2D eigenvalue weighted by Crippen LogP contribution is -2.19. The van der Waals surface area contributed by atoms with Crippen LogP contribution in [-0.4, -0.2) is 36.6 Å². The molecule has 4 nitrogen and oxygen atoms in total. The average molecular weight is 216 g/mol. The molecule has 0 aromatic carbocycles. The van der Waals surface area contributed by atoms with Gasteiger partial charge in [0.05, 0.1) is 0 Å². The van der Waals surface area contributed by atoms with Gasteiger partial charge < -0.3 is 10.2 Å². The lowest BCUT2D eigenvalue weighted by Gasteiger charge is -2.12. The molecule has 1 aromatic heterocycles. The number of anilines is 1. The number of rotatable bonds is 3. The highest BCUT2D eigenvalue weighted by atomic mass is 15.1. The number of nitrogens with zero attached hydrogens (tertiary/aromatic N) is 3. The molecule has 16 heavy (non-hydrogen) atoms. The number of hydrogen-bond acceptors (Lipinski definition) is 4. The van der Waals surface area contributed by atoms with E-state index in [1.807, 2.05) is 12.1 Å². The standard InChI is InChI=1S/C12H16N4/c1-16-5-3-10(9-16)8-15-11-2-4-14-12(6-11)7-13/h2,4,6,10H,3,5,8-9H2,1H3,(H,14,15). The molecule has 2 heterocycles. The van der Waals surface area contributed by atoms with E-state index in [0.29, 0.717) is 11.6 Å². The fourth-order valence-electron chi connectivity index (χ4n) is 2.06. The third kappa shape index (κ3) is 2.71. The molecule has 1 aliphatic heterocycles. The Labute approximate surface area is 95.9 Å². The highest BCUT2D eigenvalue weighted by Crippen LogP contribution is 2.15. The van der Waals surface area contributed by atoms with E-state index in [1.54, 1.807) is 12.3 Å². The van der Waals surface area contributed by atoms with E-state index in [-0.39, 0.29) is 0 Å². The molecule has 1 aromatic rings. The molecule has 1 unspecified atom stereocenters. The summed E-state index contributed by atoms with van der Waals surface area (Å²) in [5, 5.41) is 12.1. The van der Waals surface area contributed by atoms with Gasteiger partial charge in [0.2, 0.25) is 0 Å². The van der Waals surface area contributed by atoms with Crippen LogP contribution in [0.25, 0.3) is 0 Å². The van der Waals surface area contributed by atoms with E-state index >= 15 is 0 Å². The minimum absolute atomic E-state index is 0.466. The lowest BCUT2D eigenvalue weighted by atomic mass is 10.1. The van der Waals surface area contributed by atoms with Crippen LogP contribution in [0.15, 0.2) is 18.3 Å². The number of nitriles is 1. The summed E-state index contributed by atoms with van der Waals surface area (Å²) in [5.41, 5.74) is 1.45. The lowest BCUT2D eigenvalue weighted by molar-refractivity contribution is 0.399. The van der Waals surface area contributed by atoms with E-state index in [1.165, 1.54) is 13.0 Å². The Morgan fingerprint density at radius 2 is 2.56 bits per heavy atom. The van der Waals surface area contributed by atoms with Crippen molar-refractivity contribution in [1.29, 1.82) is 5.26 Å². The zero-order chi connectivity index (χ0) is 11.4. The van der Waals surface area contributed by atoms with Crippen LogP contribution in [0, 0.1) is 17.2 Å². The molecule has 84 valence electrons. The minimum atomic E-state index is 0.466. The molecule has 1 fully saturated rings. The normalized spacial score (nSPS) is 20.6. The van der Waals surface area contributed by atoms with Gasteiger partial charge in [0.25, 0.3) is 0 Å². The van der Waals surface area contributed by atoms with Crippen molar-refractivity contribution in [3.8, 4) is 6.07 Å². The van der Waals surface area contributed by atoms with Crippen molar-refractivity contribution in [2.75, 3.05) is 32.0 Å². The second-order valence-corrected chi connectivity index (χ2v) is 4.34. The summed E-state index contributed by atoms with van der Waals surface area (Å²) < 4.78 is 0. The largest absolute Gasteiger partial charge is 0.385 e. The molecule has 0 amide bonds. The molecule has 1 atom stereocenters. The molecule has 4 heteroatoms. The summed E-state index contributed by atoms with van der Waals surface area (Å²) in [6.07, 6.45) is 2.92. The van der Waals surface area contributed by atoms with Gasteiger partial charge in [0, 0.05) is 25.0 Å².